The minimum absolute atomic E-state index is 0.00683. The molecular weight excluding hydrogens is 276 g/mol. The van der Waals surface area contributed by atoms with Crippen molar-refractivity contribution < 1.29 is 9.53 Å². The van der Waals surface area contributed by atoms with Gasteiger partial charge in [-0.1, -0.05) is 6.92 Å². The van der Waals surface area contributed by atoms with Gasteiger partial charge in [0.1, 0.15) is 0 Å². The summed E-state index contributed by atoms with van der Waals surface area (Å²) in [5, 5.41) is 2.05. The quantitative estimate of drug-likeness (QED) is 0.794. The molecule has 0 N–H and O–H groups in total. The molecule has 2 nitrogen and oxygen atoms in total. The number of ether oxygens (including phenoxy) is 1. The van der Waals surface area contributed by atoms with E-state index in [0.29, 0.717) is 5.78 Å². The lowest BCUT2D eigenvalue weighted by atomic mass is 9.82. The summed E-state index contributed by atoms with van der Waals surface area (Å²) in [4.78, 5) is 13.7. The van der Waals surface area contributed by atoms with Crippen molar-refractivity contribution in [3.05, 3.63) is 21.9 Å². The van der Waals surface area contributed by atoms with Gasteiger partial charge in [0.15, 0.2) is 5.78 Å². The molecule has 104 valence electrons. The molecule has 2 aliphatic heterocycles. The Balaban J connectivity index is 1.76. The third kappa shape index (κ3) is 2.63. The first kappa shape index (κ1) is 13.7. The fourth-order valence-electron chi connectivity index (χ4n) is 3.13. The van der Waals surface area contributed by atoms with Gasteiger partial charge in [-0.15, -0.1) is 11.3 Å². The molecule has 0 bridgehead atoms. The highest BCUT2D eigenvalue weighted by molar-refractivity contribution is 7.99. The summed E-state index contributed by atoms with van der Waals surface area (Å²) in [6, 6.07) is 2.10. The van der Waals surface area contributed by atoms with Gasteiger partial charge in [0, 0.05) is 18.3 Å². The van der Waals surface area contributed by atoms with Crippen molar-refractivity contribution in [3.63, 3.8) is 0 Å². The summed E-state index contributed by atoms with van der Waals surface area (Å²) < 4.78 is 6.01. The molecule has 19 heavy (non-hydrogen) atoms. The molecule has 2 aliphatic rings. The Kier molecular flexibility index (Phi) is 4.01. The molecule has 3 rings (SSSR count). The number of carbonyl (C=O) groups is 1. The molecular formula is C15H20O2S2. The van der Waals surface area contributed by atoms with E-state index in [-0.39, 0.29) is 11.5 Å². The van der Waals surface area contributed by atoms with E-state index in [9.17, 15) is 4.79 Å². The number of hydrogen-bond acceptors (Lipinski definition) is 4. The zero-order valence-electron chi connectivity index (χ0n) is 11.3. The second kappa shape index (κ2) is 5.58. The van der Waals surface area contributed by atoms with E-state index in [0.717, 1.165) is 42.9 Å². The summed E-state index contributed by atoms with van der Waals surface area (Å²) >= 11 is 3.58. The fourth-order valence-corrected chi connectivity index (χ4v) is 5.52. The number of ketones is 1. The predicted octanol–water partition coefficient (Wildman–Crippen LogP) is 3.80. The molecule has 3 heterocycles. The molecule has 0 aliphatic carbocycles. The van der Waals surface area contributed by atoms with Gasteiger partial charge in [-0.2, -0.15) is 11.8 Å². The van der Waals surface area contributed by atoms with E-state index in [1.54, 1.807) is 11.3 Å². The van der Waals surface area contributed by atoms with Crippen molar-refractivity contribution in [1.82, 2.24) is 0 Å². The van der Waals surface area contributed by atoms with Crippen LogP contribution in [0.25, 0.3) is 0 Å². The molecule has 2 fully saturated rings. The maximum atomic E-state index is 12.7. The summed E-state index contributed by atoms with van der Waals surface area (Å²) in [5.41, 5.74) is 1.23. The predicted molar refractivity (Wildman–Crippen MR) is 81.4 cm³/mol. The molecule has 2 atom stereocenters. The molecule has 4 heteroatoms. The Morgan fingerprint density at radius 3 is 3.21 bits per heavy atom. The SMILES string of the molecule is CCc1ccsc1C(=O)C1CCOC2(CCSC2)C1. The van der Waals surface area contributed by atoms with Gasteiger partial charge in [0.25, 0.3) is 0 Å². The summed E-state index contributed by atoms with van der Waals surface area (Å²) in [6.07, 6.45) is 3.90. The summed E-state index contributed by atoms with van der Waals surface area (Å²) in [5.74, 6) is 2.80. The van der Waals surface area contributed by atoms with Gasteiger partial charge < -0.3 is 4.74 Å². The minimum Gasteiger partial charge on any atom is -0.374 e. The van der Waals surface area contributed by atoms with E-state index in [2.05, 4.69) is 13.0 Å². The number of Topliss-reactive ketones (excluding diaryl/α,β-unsaturated/α-hetero) is 1. The van der Waals surface area contributed by atoms with Crippen molar-refractivity contribution in [2.45, 2.75) is 38.2 Å². The average molecular weight is 296 g/mol. The lowest BCUT2D eigenvalue weighted by Crippen LogP contribution is -2.42. The van der Waals surface area contributed by atoms with Crippen LogP contribution in [-0.2, 0) is 11.2 Å². The molecule has 2 unspecified atom stereocenters. The van der Waals surface area contributed by atoms with E-state index < -0.39 is 0 Å². The van der Waals surface area contributed by atoms with Gasteiger partial charge >= 0.3 is 0 Å². The lowest BCUT2D eigenvalue weighted by molar-refractivity contribution is -0.0734. The van der Waals surface area contributed by atoms with Gasteiger partial charge in [0.05, 0.1) is 10.5 Å². The Hall–Kier alpha value is -0.320. The van der Waals surface area contributed by atoms with Gasteiger partial charge in [-0.3, -0.25) is 4.79 Å². The second-order valence-electron chi connectivity index (χ2n) is 5.52. The van der Waals surface area contributed by atoms with Gasteiger partial charge in [-0.05, 0) is 48.4 Å². The van der Waals surface area contributed by atoms with Crippen LogP contribution in [0, 0.1) is 5.92 Å². The highest BCUT2D eigenvalue weighted by Crippen LogP contribution is 2.41. The van der Waals surface area contributed by atoms with Gasteiger partial charge in [-0.25, -0.2) is 0 Å². The Labute approximate surface area is 122 Å². The van der Waals surface area contributed by atoms with Crippen LogP contribution in [0.4, 0.5) is 0 Å². The maximum absolute atomic E-state index is 12.7. The zero-order chi connectivity index (χ0) is 13.3. The number of carbonyl (C=O) groups excluding carboxylic acids is 1. The van der Waals surface area contributed by atoms with E-state index in [1.165, 1.54) is 11.3 Å². The number of aryl methyl sites for hydroxylation is 1. The number of hydrogen-bond donors (Lipinski definition) is 0. The third-order valence-corrected chi connectivity index (χ3v) is 6.48. The largest absolute Gasteiger partial charge is 0.374 e. The number of thiophene rings is 1. The van der Waals surface area contributed by atoms with E-state index in [4.69, 9.17) is 4.74 Å². The van der Waals surface area contributed by atoms with Crippen molar-refractivity contribution in [2.24, 2.45) is 5.92 Å². The second-order valence-corrected chi connectivity index (χ2v) is 7.54. The van der Waals surface area contributed by atoms with Crippen LogP contribution in [0.5, 0.6) is 0 Å². The highest BCUT2D eigenvalue weighted by Gasteiger charge is 2.42. The Morgan fingerprint density at radius 1 is 1.58 bits per heavy atom. The molecule has 1 aromatic heterocycles. The molecule has 2 saturated heterocycles. The molecule has 0 aromatic carbocycles. The van der Waals surface area contributed by atoms with Crippen LogP contribution in [0.1, 0.15) is 41.4 Å². The molecule has 1 aromatic rings. The standard InChI is InChI=1S/C15H20O2S2/c1-2-11-4-7-19-14(11)13(16)12-3-6-17-15(9-12)5-8-18-10-15/h4,7,12H,2-3,5-6,8-10H2,1H3. The molecule has 0 radical (unpaired) electrons. The van der Waals surface area contributed by atoms with Crippen molar-refractivity contribution in [3.8, 4) is 0 Å². The maximum Gasteiger partial charge on any atom is 0.176 e. The normalized spacial score (nSPS) is 30.9. The van der Waals surface area contributed by atoms with E-state index >= 15 is 0 Å². The van der Waals surface area contributed by atoms with Crippen LogP contribution in [0.3, 0.4) is 0 Å². The topological polar surface area (TPSA) is 26.3 Å². The summed E-state index contributed by atoms with van der Waals surface area (Å²) in [6.45, 7) is 2.88. The first-order valence-electron chi connectivity index (χ1n) is 7.06. The highest BCUT2D eigenvalue weighted by atomic mass is 32.2. The molecule has 0 saturated carbocycles. The minimum atomic E-state index is 0.00683. The van der Waals surface area contributed by atoms with Crippen molar-refractivity contribution in [2.75, 3.05) is 18.1 Å². The molecule has 1 spiro atoms. The molecule has 0 amide bonds. The first-order valence-corrected chi connectivity index (χ1v) is 9.10. The average Bonchev–Trinajstić information content (AvgIpc) is 3.07. The van der Waals surface area contributed by atoms with Gasteiger partial charge in [0.2, 0.25) is 0 Å². The number of rotatable bonds is 3. The van der Waals surface area contributed by atoms with E-state index in [1.807, 2.05) is 17.1 Å². The zero-order valence-corrected chi connectivity index (χ0v) is 12.9. The Bertz CT molecular complexity index is 460. The third-order valence-electron chi connectivity index (χ3n) is 4.28. The smallest absolute Gasteiger partial charge is 0.176 e. The van der Waals surface area contributed by atoms with Crippen LogP contribution in [0.15, 0.2) is 11.4 Å². The number of thioether (sulfide) groups is 1. The van der Waals surface area contributed by atoms with Crippen molar-refractivity contribution >= 4 is 28.9 Å². The summed E-state index contributed by atoms with van der Waals surface area (Å²) in [7, 11) is 0. The van der Waals surface area contributed by atoms with Crippen molar-refractivity contribution in [1.29, 1.82) is 0 Å². The van der Waals surface area contributed by atoms with Crippen LogP contribution < -0.4 is 0 Å². The Morgan fingerprint density at radius 2 is 2.47 bits per heavy atom. The van der Waals surface area contributed by atoms with Crippen LogP contribution >= 0.6 is 23.1 Å². The lowest BCUT2D eigenvalue weighted by Gasteiger charge is -2.37. The monoisotopic (exact) mass is 296 g/mol. The van der Waals surface area contributed by atoms with Crippen LogP contribution in [0.2, 0.25) is 0 Å². The fraction of sp³-hybridized carbons (Fsp3) is 0.667. The van der Waals surface area contributed by atoms with Crippen LogP contribution in [-0.4, -0.2) is 29.5 Å². The first-order chi connectivity index (χ1) is 9.24.